The van der Waals surface area contributed by atoms with Crippen molar-refractivity contribution in [1.29, 1.82) is 0 Å². The standard InChI is InChI=1S/C34H42N2O4/c1-33-18-16-26(40-31(38)20-22-6-4-3-5-7-22)21-24(33)10-13-27-28-14-15-30(34(28,2)19-17-29(27)33)35-36-32(39)23-8-11-25(37)12-9-23/h3-9,11-12,24,26-29,37H,10,13-21H2,1-2H3,(H,36,39)/t24-,26-,27-,28-,29-,33-,34-/m0/s1. The lowest BCUT2D eigenvalue weighted by Crippen LogP contribution is -2.54. The predicted molar refractivity (Wildman–Crippen MR) is 155 cm³/mol. The zero-order valence-electron chi connectivity index (χ0n) is 23.8. The number of esters is 1. The number of amides is 1. The Labute approximate surface area is 237 Å². The molecule has 2 aromatic rings. The topological polar surface area (TPSA) is 88.0 Å². The van der Waals surface area contributed by atoms with Crippen LogP contribution >= 0.6 is 0 Å². The Morgan fingerprint density at radius 3 is 2.50 bits per heavy atom. The summed E-state index contributed by atoms with van der Waals surface area (Å²) in [7, 11) is 0. The number of ether oxygens (including phenoxy) is 1. The Hall–Kier alpha value is -3.15. The molecular weight excluding hydrogens is 500 g/mol. The molecule has 0 aliphatic heterocycles. The van der Waals surface area contributed by atoms with Crippen LogP contribution in [0, 0.1) is 34.5 Å². The zero-order valence-corrected chi connectivity index (χ0v) is 23.8. The van der Waals surface area contributed by atoms with Crippen molar-refractivity contribution in [2.75, 3.05) is 0 Å². The van der Waals surface area contributed by atoms with Crippen molar-refractivity contribution in [2.24, 2.45) is 39.6 Å². The Kier molecular flexibility index (Phi) is 7.22. The summed E-state index contributed by atoms with van der Waals surface area (Å²) in [6.45, 7) is 4.91. The molecule has 0 unspecified atom stereocenters. The van der Waals surface area contributed by atoms with Crippen molar-refractivity contribution in [1.82, 2.24) is 5.43 Å². The van der Waals surface area contributed by atoms with Crippen LogP contribution in [-0.4, -0.2) is 28.8 Å². The molecule has 0 bridgehead atoms. The van der Waals surface area contributed by atoms with Crippen LogP contribution in [0.15, 0.2) is 59.7 Å². The molecule has 4 aliphatic carbocycles. The summed E-state index contributed by atoms with van der Waals surface area (Å²) >= 11 is 0. The number of hydrogen-bond acceptors (Lipinski definition) is 5. The van der Waals surface area contributed by atoms with Gasteiger partial charge in [-0.3, -0.25) is 9.59 Å². The van der Waals surface area contributed by atoms with E-state index in [1.165, 1.54) is 31.4 Å². The number of benzene rings is 2. The first-order valence-electron chi connectivity index (χ1n) is 15.2. The van der Waals surface area contributed by atoms with Crippen molar-refractivity contribution in [3.8, 4) is 5.75 Å². The van der Waals surface area contributed by atoms with Gasteiger partial charge in [0.2, 0.25) is 0 Å². The maximum atomic E-state index is 12.7. The molecule has 4 saturated carbocycles. The molecule has 0 heterocycles. The number of phenolic OH excluding ortho intramolecular Hbond substituents is 1. The smallest absolute Gasteiger partial charge is 0.310 e. The fourth-order valence-corrected chi connectivity index (χ4v) is 9.08. The van der Waals surface area contributed by atoms with Crippen molar-refractivity contribution in [2.45, 2.75) is 84.2 Å². The molecule has 1 amide bonds. The van der Waals surface area contributed by atoms with Gasteiger partial charge >= 0.3 is 5.97 Å². The maximum absolute atomic E-state index is 12.7. The number of nitrogens with one attached hydrogen (secondary N) is 1. The van der Waals surface area contributed by atoms with E-state index in [2.05, 4.69) is 24.4 Å². The van der Waals surface area contributed by atoms with Gasteiger partial charge < -0.3 is 9.84 Å². The summed E-state index contributed by atoms with van der Waals surface area (Å²) < 4.78 is 6.01. The van der Waals surface area contributed by atoms with E-state index >= 15 is 0 Å². The molecule has 212 valence electrons. The highest BCUT2D eigenvalue weighted by atomic mass is 16.5. The number of carbonyl (C=O) groups is 2. The fraction of sp³-hybridized carbons (Fsp3) is 0.559. The van der Waals surface area contributed by atoms with E-state index in [0.717, 1.165) is 49.8 Å². The number of rotatable bonds is 5. The van der Waals surface area contributed by atoms with Crippen LogP contribution in [0.4, 0.5) is 0 Å². The summed E-state index contributed by atoms with van der Waals surface area (Å²) in [4.78, 5) is 25.3. The van der Waals surface area contributed by atoms with Gasteiger partial charge in [-0.2, -0.15) is 5.10 Å². The van der Waals surface area contributed by atoms with Gasteiger partial charge in [0.15, 0.2) is 0 Å². The number of nitrogens with zero attached hydrogens (tertiary/aromatic N) is 1. The number of carbonyl (C=O) groups excluding carboxylic acids is 2. The molecule has 2 aromatic carbocycles. The second-order valence-corrected chi connectivity index (χ2v) is 13.2. The average molecular weight is 543 g/mol. The molecule has 6 heteroatoms. The van der Waals surface area contributed by atoms with E-state index in [-0.39, 0.29) is 29.1 Å². The highest BCUT2D eigenvalue weighted by Gasteiger charge is 2.59. The van der Waals surface area contributed by atoms with Gasteiger partial charge in [-0.1, -0.05) is 44.2 Å². The van der Waals surface area contributed by atoms with E-state index in [0.29, 0.717) is 41.1 Å². The number of aromatic hydroxyl groups is 1. The van der Waals surface area contributed by atoms with Gasteiger partial charge in [-0.25, -0.2) is 5.43 Å². The molecule has 6 rings (SSSR count). The highest BCUT2D eigenvalue weighted by Crippen LogP contribution is 2.65. The molecule has 0 radical (unpaired) electrons. The van der Waals surface area contributed by atoms with Crippen molar-refractivity contribution < 1.29 is 19.4 Å². The molecule has 7 atom stereocenters. The Morgan fingerprint density at radius 1 is 0.950 bits per heavy atom. The molecule has 0 saturated heterocycles. The Bertz CT molecular complexity index is 1270. The average Bonchev–Trinajstić information content (AvgIpc) is 3.29. The second kappa shape index (κ2) is 10.7. The minimum absolute atomic E-state index is 0.0385. The minimum Gasteiger partial charge on any atom is -0.508 e. The van der Waals surface area contributed by atoms with Crippen molar-refractivity contribution in [3.05, 3.63) is 65.7 Å². The van der Waals surface area contributed by atoms with Crippen LogP contribution in [0.2, 0.25) is 0 Å². The van der Waals surface area contributed by atoms with Crippen molar-refractivity contribution >= 4 is 17.6 Å². The monoisotopic (exact) mass is 542 g/mol. The van der Waals surface area contributed by atoms with Gasteiger partial charge in [0.1, 0.15) is 11.9 Å². The predicted octanol–water partition coefficient (Wildman–Crippen LogP) is 6.68. The summed E-state index contributed by atoms with van der Waals surface area (Å²) in [6.07, 6.45) is 10.3. The van der Waals surface area contributed by atoms with E-state index in [9.17, 15) is 14.7 Å². The first-order chi connectivity index (χ1) is 19.3. The maximum Gasteiger partial charge on any atom is 0.310 e. The molecule has 40 heavy (non-hydrogen) atoms. The van der Waals surface area contributed by atoms with Crippen LogP contribution in [0.5, 0.6) is 5.75 Å². The van der Waals surface area contributed by atoms with Gasteiger partial charge in [-0.15, -0.1) is 0 Å². The van der Waals surface area contributed by atoms with Gasteiger partial charge in [0.25, 0.3) is 5.91 Å². The van der Waals surface area contributed by atoms with E-state index < -0.39 is 0 Å². The van der Waals surface area contributed by atoms with E-state index in [4.69, 9.17) is 4.74 Å². The number of hydrazone groups is 1. The zero-order chi connectivity index (χ0) is 27.9. The Balaban J connectivity index is 1.09. The summed E-state index contributed by atoms with van der Waals surface area (Å²) in [5.41, 5.74) is 5.80. The molecule has 4 aliphatic rings. The summed E-state index contributed by atoms with van der Waals surface area (Å²) in [5, 5.41) is 14.2. The van der Waals surface area contributed by atoms with Crippen LogP contribution < -0.4 is 5.43 Å². The molecule has 0 spiro atoms. The lowest BCUT2D eigenvalue weighted by atomic mass is 9.45. The van der Waals surface area contributed by atoms with E-state index in [1.807, 2.05) is 30.3 Å². The molecule has 2 N–H and O–H groups in total. The second-order valence-electron chi connectivity index (χ2n) is 13.2. The van der Waals surface area contributed by atoms with Crippen LogP contribution in [-0.2, 0) is 16.0 Å². The quantitative estimate of drug-likeness (QED) is 0.326. The summed E-state index contributed by atoms with van der Waals surface area (Å²) in [5.74, 6) is 2.43. The molecule has 4 fully saturated rings. The lowest BCUT2D eigenvalue weighted by molar-refractivity contribution is -0.159. The number of fused-ring (bicyclic) bond motifs is 5. The van der Waals surface area contributed by atoms with Gasteiger partial charge in [0.05, 0.1) is 6.42 Å². The van der Waals surface area contributed by atoms with Crippen LogP contribution in [0.3, 0.4) is 0 Å². The minimum atomic E-state index is -0.234. The van der Waals surface area contributed by atoms with Crippen LogP contribution in [0.1, 0.15) is 87.6 Å². The number of phenols is 1. The SMILES string of the molecule is C[C@]12CC[C@H](OC(=O)Cc3ccccc3)C[C@@H]1CC[C@@H]1[C@@H]2CC[C@]2(C)C(=NNC(=O)c3ccc(O)cc3)CC[C@@H]12. The molecule has 6 nitrogen and oxygen atoms in total. The third-order valence-corrected chi connectivity index (χ3v) is 11.3. The summed E-state index contributed by atoms with van der Waals surface area (Å²) in [6, 6.07) is 16.2. The van der Waals surface area contributed by atoms with Gasteiger partial charge in [-0.05, 0) is 117 Å². The fourth-order valence-electron chi connectivity index (χ4n) is 9.08. The third kappa shape index (κ3) is 4.95. The highest BCUT2D eigenvalue weighted by molar-refractivity contribution is 5.97. The van der Waals surface area contributed by atoms with E-state index in [1.54, 1.807) is 12.1 Å². The molecule has 0 aromatic heterocycles. The third-order valence-electron chi connectivity index (χ3n) is 11.3. The normalized spacial score (nSPS) is 35.8. The largest absolute Gasteiger partial charge is 0.508 e. The first-order valence-corrected chi connectivity index (χ1v) is 15.2. The van der Waals surface area contributed by atoms with Crippen molar-refractivity contribution in [3.63, 3.8) is 0 Å². The first kappa shape index (κ1) is 27.0. The number of hydrogen-bond donors (Lipinski definition) is 2. The van der Waals surface area contributed by atoms with Crippen LogP contribution in [0.25, 0.3) is 0 Å². The van der Waals surface area contributed by atoms with Gasteiger partial charge in [0, 0.05) is 16.7 Å². The molecular formula is C34H42N2O4. The Morgan fingerprint density at radius 2 is 1.73 bits per heavy atom. The lowest BCUT2D eigenvalue weighted by Gasteiger charge is -2.60.